The number of esters is 1. The first kappa shape index (κ1) is 17.9. The van der Waals surface area contributed by atoms with E-state index in [0.29, 0.717) is 10.6 Å². The Bertz CT molecular complexity index is 943. The molecule has 2 atom stereocenters. The molecule has 1 N–H and O–H groups in total. The normalized spacial score (nSPS) is 17.6. The van der Waals surface area contributed by atoms with Gasteiger partial charge in [-0.15, -0.1) is 11.3 Å². The number of thiophene rings is 1. The Morgan fingerprint density at radius 1 is 0.926 bits per heavy atom. The fraction of sp³-hybridized carbons (Fsp3) is 0.0952. The number of carbonyl (C=O) groups is 1. The second kappa shape index (κ2) is 7.65. The van der Waals surface area contributed by atoms with Crippen LogP contribution in [-0.4, -0.2) is 12.1 Å². The van der Waals surface area contributed by atoms with Crippen LogP contribution in [0.25, 0.3) is 0 Å². The van der Waals surface area contributed by atoms with Crippen LogP contribution in [0.2, 0.25) is 0 Å². The first-order valence-electron chi connectivity index (χ1n) is 8.58. The highest BCUT2D eigenvalue weighted by molar-refractivity contribution is 7.76. The summed E-state index contributed by atoms with van der Waals surface area (Å²) in [5.74, 6) is -0.377. The summed E-state index contributed by atoms with van der Waals surface area (Å²) in [5, 5.41) is 6.75. The molecule has 0 saturated heterocycles. The Kier molecular flexibility index (Phi) is 5.08. The molecule has 0 unspecified atom stereocenters. The summed E-state index contributed by atoms with van der Waals surface area (Å²) >= 11 is 1.54. The molecule has 1 aromatic heterocycles. The van der Waals surface area contributed by atoms with E-state index in [2.05, 4.69) is 5.09 Å². The monoisotopic (exact) mass is 395 g/mol. The Balaban J connectivity index is 1.79. The molecule has 0 amide bonds. The molecule has 136 valence electrons. The van der Waals surface area contributed by atoms with Crippen molar-refractivity contribution in [1.29, 1.82) is 0 Å². The molecule has 0 aliphatic carbocycles. The number of hydrogen-bond acceptors (Lipinski definition) is 4. The maximum atomic E-state index is 14.3. The van der Waals surface area contributed by atoms with Gasteiger partial charge in [-0.05, 0) is 41.8 Å². The predicted octanol–water partition coefficient (Wildman–Crippen LogP) is 3.79. The first-order valence-corrected chi connectivity index (χ1v) is 11.2. The molecule has 4 rings (SSSR count). The Morgan fingerprint density at radius 3 is 2.04 bits per heavy atom. The zero-order chi connectivity index (χ0) is 18.7. The van der Waals surface area contributed by atoms with Gasteiger partial charge in [0.05, 0.1) is 6.04 Å². The molecule has 27 heavy (non-hydrogen) atoms. The van der Waals surface area contributed by atoms with Gasteiger partial charge in [0.25, 0.3) is 0 Å². The molecule has 1 aliphatic heterocycles. The van der Waals surface area contributed by atoms with Crippen molar-refractivity contribution in [3.05, 3.63) is 95.2 Å². The number of ether oxygens (including phenoxy) is 1. The zero-order valence-electron chi connectivity index (χ0n) is 14.4. The van der Waals surface area contributed by atoms with Gasteiger partial charge in [-0.3, -0.25) is 4.57 Å². The van der Waals surface area contributed by atoms with Crippen LogP contribution in [0.5, 0.6) is 0 Å². The molecule has 2 aromatic carbocycles. The number of rotatable bonds is 6. The molecular weight excluding hydrogens is 377 g/mol. The predicted molar refractivity (Wildman–Crippen MR) is 109 cm³/mol. The van der Waals surface area contributed by atoms with Crippen molar-refractivity contribution in [2.24, 2.45) is 0 Å². The van der Waals surface area contributed by atoms with Crippen LogP contribution in [-0.2, 0) is 14.1 Å². The maximum Gasteiger partial charge on any atom is 0.331 e. The standard InChI is InChI=1S/C21H18NO3PS/c23-20-14-13-18(25-20)21(19-12-7-15-27-19)22-26(24,16-8-3-1-4-9-16)17-10-5-2-6-11-17/h1-15,18,21H,(H,22,24)/t18-,21-/m1/s1. The Morgan fingerprint density at radius 2 is 1.56 bits per heavy atom. The molecule has 2 heterocycles. The topological polar surface area (TPSA) is 55.4 Å². The van der Waals surface area contributed by atoms with Crippen LogP contribution in [0.15, 0.2) is 90.3 Å². The van der Waals surface area contributed by atoms with Crippen molar-refractivity contribution in [2.75, 3.05) is 0 Å². The molecule has 0 saturated carbocycles. The average Bonchev–Trinajstić information content (AvgIpc) is 3.39. The van der Waals surface area contributed by atoms with Crippen LogP contribution >= 0.6 is 18.6 Å². The third kappa shape index (κ3) is 3.67. The highest BCUT2D eigenvalue weighted by Gasteiger charge is 2.36. The number of cyclic esters (lactones) is 1. The number of hydrogen-bond donors (Lipinski definition) is 1. The fourth-order valence-corrected chi connectivity index (χ4v) is 6.46. The van der Waals surface area contributed by atoms with E-state index in [-0.39, 0.29) is 5.97 Å². The summed E-state index contributed by atoms with van der Waals surface area (Å²) in [7, 11) is -3.16. The number of nitrogens with one attached hydrogen (secondary N) is 1. The van der Waals surface area contributed by atoms with Gasteiger partial charge in [-0.2, -0.15) is 0 Å². The van der Waals surface area contributed by atoms with Crippen molar-refractivity contribution in [2.45, 2.75) is 12.1 Å². The lowest BCUT2D eigenvalue weighted by Gasteiger charge is -2.29. The molecule has 1 aliphatic rings. The highest BCUT2D eigenvalue weighted by atomic mass is 32.1. The molecule has 3 aromatic rings. The van der Waals surface area contributed by atoms with E-state index in [1.807, 2.05) is 78.2 Å². The van der Waals surface area contributed by atoms with E-state index in [1.54, 1.807) is 17.4 Å². The van der Waals surface area contributed by atoms with Gasteiger partial charge >= 0.3 is 5.97 Å². The van der Waals surface area contributed by atoms with Gasteiger partial charge in [0, 0.05) is 21.6 Å². The van der Waals surface area contributed by atoms with Crippen LogP contribution in [0.4, 0.5) is 0 Å². The Hall–Kier alpha value is -2.46. The second-order valence-corrected chi connectivity index (χ2v) is 9.65. The minimum Gasteiger partial charge on any atom is -0.453 e. The molecule has 0 radical (unpaired) electrons. The van der Waals surface area contributed by atoms with E-state index >= 15 is 0 Å². The smallest absolute Gasteiger partial charge is 0.331 e. The lowest BCUT2D eigenvalue weighted by Crippen LogP contribution is -2.35. The molecule has 6 heteroatoms. The van der Waals surface area contributed by atoms with E-state index < -0.39 is 19.4 Å². The van der Waals surface area contributed by atoms with E-state index in [4.69, 9.17) is 4.74 Å². The number of carbonyl (C=O) groups excluding carboxylic acids is 1. The van der Waals surface area contributed by atoms with Gasteiger partial charge < -0.3 is 4.74 Å². The third-order valence-electron chi connectivity index (χ3n) is 4.41. The van der Waals surface area contributed by atoms with E-state index in [1.165, 1.54) is 6.08 Å². The summed E-state index contributed by atoms with van der Waals surface area (Å²) in [6.45, 7) is 0. The van der Waals surface area contributed by atoms with Gasteiger partial charge in [0.1, 0.15) is 6.10 Å². The average molecular weight is 395 g/mol. The highest BCUT2D eigenvalue weighted by Crippen LogP contribution is 2.44. The SMILES string of the molecule is O=C1C=C[C@H]([C@@H](NP(=O)(c2ccccc2)c2ccccc2)c2cccs2)O1. The van der Waals surface area contributed by atoms with Gasteiger partial charge in [0.2, 0.25) is 7.29 Å². The van der Waals surface area contributed by atoms with Crippen LogP contribution in [0.1, 0.15) is 10.9 Å². The van der Waals surface area contributed by atoms with Crippen molar-refractivity contribution in [3.8, 4) is 0 Å². The molecule has 0 spiro atoms. The Labute approximate surface area is 161 Å². The molecule has 4 nitrogen and oxygen atoms in total. The van der Waals surface area contributed by atoms with Crippen LogP contribution in [0, 0.1) is 0 Å². The molecular formula is C21H18NO3PS. The fourth-order valence-electron chi connectivity index (χ4n) is 3.10. The summed E-state index contributed by atoms with van der Waals surface area (Å²) in [6.07, 6.45) is 2.64. The van der Waals surface area contributed by atoms with Gasteiger partial charge in [-0.1, -0.05) is 42.5 Å². The maximum absolute atomic E-state index is 14.3. The minimum absolute atomic E-state index is 0.377. The summed E-state index contributed by atoms with van der Waals surface area (Å²) < 4.78 is 19.7. The summed E-state index contributed by atoms with van der Waals surface area (Å²) in [6, 6.07) is 22.3. The molecule has 0 bridgehead atoms. The summed E-state index contributed by atoms with van der Waals surface area (Å²) in [4.78, 5) is 12.6. The van der Waals surface area contributed by atoms with Crippen molar-refractivity contribution in [3.63, 3.8) is 0 Å². The summed E-state index contributed by atoms with van der Waals surface area (Å²) in [5.41, 5.74) is 0. The van der Waals surface area contributed by atoms with E-state index in [9.17, 15) is 9.36 Å². The van der Waals surface area contributed by atoms with E-state index in [0.717, 1.165) is 4.88 Å². The second-order valence-electron chi connectivity index (χ2n) is 6.16. The van der Waals surface area contributed by atoms with Crippen LogP contribution < -0.4 is 15.7 Å². The third-order valence-corrected chi connectivity index (χ3v) is 8.06. The van der Waals surface area contributed by atoms with Crippen molar-refractivity contribution in [1.82, 2.24) is 5.09 Å². The van der Waals surface area contributed by atoms with Gasteiger partial charge in [-0.25, -0.2) is 9.88 Å². The van der Waals surface area contributed by atoms with Crippen molar-refractivity contribution < 1.29 is 14.1 Å². The lowest BCUT2D eigenvalue weighted by atomic mass is 10.1. The van der Waals surface area contributed by atoms with Gasteiger partial charge in [0.15, 0.2) is 0 Å². The lowest BCUT2D eigenvalue weighted by molar-refractivity contribution is -0.139. The molecule has 0 fully saturated rings. The largest absolute Gasteiger partial charge is 0.453 e. The zero-order valence-corrected chi connectivity index (χ0v) is 16.1. The van der Waals surface area contributed by atoms with Crippen LogP contribution in [0.3, 0.4) is 0 Å². The number of benzene rings is 2. The minimum atomic E-state index is -3.16. The quantitative estimate of drug-likeness (QED) is 0.510. The first-order chi connectivity index (χ1) is 13.2. The van der Waals surface area contributed by atoms with Crippen molar-refractivity contribution >= 4 is 35.2 Å².